The minimum Gasteiger partial charge on any atom is -0.476 e. The molecule has 1 rings (SSSR count). The maximum Gasteiger partial charge on any atom is 0.225 e. The third-order valence-corrected chi connectivity index (χ3v) is 1.33. The molecule has 5 heteroatoms. The highest BCUT2D eigenvalue weighted by atomic mass is 35.5. The van der Waals surface area contributed by atoms with Crippen LogP contribution in [0.3, 0.4) is 0 Å². The van der Waals surface area contributed by atoms with Gasteiger partial charge in [0.25, 0.3) is 0 Å². The molecule has 1 aromatic rings. The highest BCUT2D eigenvalue weighted by Gasteiger charge is 1.90. The summed E-state index contributed by atoms with van der Waals surface area (Å²) >= 11 is 1.37. The molecule has 0 saturated carbocycles. The van der Waals surface area contributed by atoms with E-state index < -0.39 is 0 Å². The number of hydrogen-bond donors (Lipinski definition) is 1. The summed E-state index contributed by atoms with van der Waals surface area (Å²) in [7, 11) is 0. The molecule has 0 bridgehead atoms. The van der Waals surface area contributed by atoms with E-state index in [1.807, 2.05) is 11.4 Å². The highest BCUT2D eigenvalue weighted by Crippen LogP contribution is 2.07. The molecule has 1 aromatic heterocycles. The predicted molar refractivity (Wildman–Crippen MR) is 43.9 cm³/mol. The summed E-state index contributed by atoms with van der Waals surface area (Å²) in [5.41, 5.74) is 5.20. The van der Waals surface area contributed by atoms with Crippen LogP contribution in [0.5, 0.6) is 5.88 Å². The van der Waals surface area contributed by atoms with Gasteiger partial charge in [-0.15, -0.1) is 12.4 Å². The first kappa shape index (κ1) is 9.68. The maximum atomic E-state index is 5.20. The fraction of sp³-hybridized carbons (Fsp3) is 0.400. The largest absolute Gasteiger partial charge is 0.476 e. The average molecular weight is 181 g/mol. The molecule has 0 aliphatic rings. The lowest BCUT2D eigenvalue weighted by Crippen LogP contribution is -2.10. The van der Waals surface area contributed by atoms with Crippen LogP contribution >= 0.6 is 23.9 Å². The smallest absolute Gasteiger partial charge is 0.225 e. The summed E-state index contributed by atoms with van der Waals surface area (Å²) in [5.74, 6) is 0.672. The quantitative estimate of drug-likeness (QED) is 0.752. The molecule has 0 spiro atoms. The Morgan fingerprint density at radius 1 is 1.70 bits per heavy atom. The molecule has 1 heterocycles. The molecule has 0 aromatic carbocycles. The third kappa shape index (κ3) is 3.00. The molecule has 10 heavy (non-hydrogen) atoms. The lowest BCUT2D eigenvalue weighted by atomic mass is 10.7. The van der Waals surface area contributed by atoms with Crippen LogP contribution in [-0.2, 0) is 0 Å². The van der Waals surface area contributed by atoms with Crippen LogP contribution in [0.2, 0.25) is 0 Å². The van der Waals surface area contributed by atoms with Gasteiger partial charge in [-0.3, -0.25) is 0 Å². The van der Waals surface area contributed by atoms with Crippen molar-refractivity contribution in [1.29, 1.82) is 0 Å². The first-order chi connectivity index (χ1) is 4.43. The number of nitrogens with zero attached hydrogens (tertiary/aromatic N) is 1. The van der Waals surface area contributed by atoms with Gasteiger partial charge in [-0.05, 0) is 11.5 Å². The van der Waals surface area contributed by atoms with Crippen LogP contribution in [0.25, 0.3) is 0 Å². The normalized spacial score (nSPS) is 8.50. The van der Waals surface area contributed by atoms with Gasteiger partial charge in [-0.1, -0.05) is 0 Å². The van der Waals surface area contributed by atoms with Crippen molar-refractivity contribution in [1.82, 2.24) is 4.37 Å². The van der Waals surface area contributed by atoms with E-state index in [2.05, 4.69) is 4.37 Å². The average Bonchev–Trinajstić information content (AvgIpc) is 2.34. The molecular formula is C5H9ClN2OS. The van der Waals surface area contributed by atoms with E-state index in [0.29, 0.717) is 19.0 Å². The van der Waals surface area contributed by atoms with Crippen LogP contribution in [0.15, 0.2) is 11.4 Å². The second kappa shape index (κ2) is 5.46. The van der Waals surface area contributed by atoms with Gasteiger partial charge in [0.2, 0.25) is 5.88 Å². The van der Waals surface area contributed by atoms with Crippen LogP contribution in [0.4, 0.5) is 0 Å². The second-order valence-corrected chi connectivity index (χ2v) is 2.14. The molecule has 2 N–H and O–H groups in total. The van der Waals surface area contributed by atoms with Gasteiger partial charge in [-0.25, -0.2) is 0 Å². The van der Waals surface area contributed by atoms with Gasteiger partial charge in [0, 0.05) is 18.0 Å². The first-order valence-electron chi connectivity index (χ1n) is 2.66. The summed E-state index contributed by atoms with van der Waals surface area (Å²) in [5, 5.41) is 1.87. The van der Waals surface area contributed by atoms with Gasteiger partial charge in [0.1, 0.15) is 6.61 Å². The number of aromatic nitrogens is 1. The monoisotopic (exact) mass is 180 g/mol. The molecule has 0 amide bonds. The van der Waals surface area contributed by atoms with E-state index in [9.17, 15) is 0 Å². The second-order valence-electron chi connectivity index (χ2n) is 1.47. The van der Waals surface area contributed by atoms with Crippen molar-refractivity contribution in [3.8, 4) is 5.88 Å². The Morgan fingerprint density at radius 3 is 3.00 bits per heavy atom. The molecule has 58 valence electrons. The molecular weight excluding hydrogens is 172 g/mol. The van der Waals surface area contributed by atoms with Gasteiger partial charge in [0.05, 0.1) is 0 Å². The highest BCUT2D eigenvalue weighted by molar-refractivity contribution is 7.03. The number of hydrogen-bond acceptors (Lipinski definition) is 4. The summed E-state index contributed by atoms with van der Waals surface area (Å²) in [6, 6.07) is 1.82. The van der Waals surface area contributed by atoms with Crippen molar-refractivity contribution >= 4 is 23.9 Å². The van der Waals surface area contributed by atoms with Gasteiger partial charge in [0.15, 0.2) is 0 Å². The van der Waals surface area contributed by atoms with E-state index in [4.69, 9.17) is 10.5 Å². The lowest BCUT2D eigenvalue weighted by Gasteiger charge is -1.96. The Balaban J connectivity index is 0.000000810. The molecule has 0 aliphatic heterocycles. The van der Waals surface area contributed by atoms with Gasteiger partial charge >= 0.3 is 0 Å². The van der Waals surface area contributed by atoms with Crippen molar-refractivity contribution in [2.24, 2.45) is 5.73 Å². The standard InChI is InChI=1S/C5H8N2OS.ClH/c6-2-3-8-5-1-4-9-7-5;/h1,4H,2-3,6H2;1H. The summed E-state index contributed by atoms with van der Waals surface area (Å²) in [6.45, 7) is 1.08. The Morgan fingerprint density at radius 2 is 2.50 bits per heavy atom. The van der Waals surface area contributed by atoms with Crippen LogP contribution in [0.1, 0.15) is 0 Å². The van der Waals surface area contributed by atoms with E-state index in [0.717, 1.165) is 0 Å². The number of nitrogens with two attached hydrogens (primary N) is 1. The van der Waals surface area contributed by atoms with Crippen molar-refractivity contribution in [2.45, 2.75) is 0 Å². The number of rotatable bonds is 3. The van der Waals surface area contributed by atoms with Gasteiger partial charge in [-0.2, -0.15) is 4.37 Å². The van der Waals surface area contributed by atoms with Crippen molar-refractivity contribution < 1.29 is 4.74 Å². The minimum atomic E-state index is 0. The van der Waals surface area contributed by atoms with Crippen LogP contribution < -0.4 is 10.5 Å². The predicted octanol–water partition coefficient (Wildman–Crippen LogP) is 0.902. The van der Waals surface area contributed by atoms with Crippen molar-refractivity contribution in [3.05, 3.63) is 11.4 Å². The molecule has 0 radical (unpaired) electrons. The topological polar surface area (TPSA) is 48.1 Å². The third-order valence-electron chi connectivity index (χ3n) is 0.782. The van der Waals surface area contributed by atoms with E-state index >= 15 is 0 Å². The lowest BCUT2D eigenvalue weighted by molar-refractivity contribution is 0.319. The molecule has 3 nitrogen and oxygen atoms in total. The van der Waals surface area contributed by atoms with E-state index in [1.165, 1.54) is 11.5 Å². The SMILES string of the molecule is Cl.NCCOc1ccsn1. The molecule has 0 unspecified atom stereocenters. The fourth-order valence-electron chi connectivity index (χ4n) is 0.439. The van der Waals surface area contributed by atoms with Crippen molar-refractivity contribution in [3.63, 3.8) is 0 Å². The van der Waals surface area contributed by atoms with E-state index in [-0.39, 0.29) is 12.4 Å². The van der Waals surface area contributed by atoms with E-state index in [1.54, 1.807) is 0 Å². The Kier molecular flexibility index (Phi) is 5.29. The Hall–Kier alpha value is -0.320. The molecule has 0 saturated heterocycles. The summed E-state index contributed by atoms with van der Waals surface area (Å²) in [6.07, 6.45) is 0. The van der Waals surface area contributed by atoms with Crippen LogP contribution in [0, 0.1) is 0 Å². The number of ether oxygens (including phenoxy) is 1. The van der Waals surface area contributed by atoms with Gasteiger partial charge < -0.3 is 10.5 Å². The first-order valence-corrected chi connectivity index (χ1v) is 3.50. The maximum absolute atomic E-state index is 5.20. The zero-order valence-electron chi connectivity index (χ0n) is 5.32. The number of halogens is 1. The zero-order valence-corrected chi connectivity index (χ0v) is 6.95. The Labute approximate surface area is 69.8 Å². The minimum absolute atomic E-state index is 0. The molecule has 0 atom stereocenters. The summed E-state index contributed by atoms with van der Waals surface area (Å²) in [4.78, 5) is 0. The zero-order chi connectivity index (χ0) is 6.53. The fourth-order valence-corrected chi connectivity index (χ4v) is 0.895. The molecule has 0 fully saturated rings. The van der Waals surface area contributed by atoms with Crippen LogP contribution in [-0.4, -0.2) is 17.5 Å². The van der Waals surface area contributed by atoms with Crippen molar-refractivity contribution in [2.75, 3.05) is 13.2 Å². The Bertz CT molecular complexity index is 157. The molecule has 0 aliphatic carbocycles. The summed E-state index contributed by atoms with van der Waals surface area (Å²) < 4.78 is 8.99.